The van der Waals surface area contributed by atoms with Gasteiger partial charge in [-0.3, -0.25) is 4.40 Å². The Bertz CT molecular complexity index is 1110. The summed E-state index contributed by atoms with van der Waals surface area (Å²) < 4.78 is 8.96. The summed E-state index contributed by atoms with van der Waals surface area (Å²) in [6.07, 6.45) is 6.59. The fourth-order valence-corrected chi connectivity index (χ4v) is 2.70. The zero-order valence-corrected chi connectivity index (χ0v) is 16.9. The maximum atomic E-state index is 9.66. The summed E-state index contributed by atoms with van der Waals surface area (Å²) in [4.78, 5) is 4.22. The molecule has 3 heterocycles. The zero-order chi connectivity index (χ0) is 17.9. The van der Waals surface area contributed by atoms with Crippen LogP contribution < -0.4 is 4.57 Å². The Labute approximate surface area is 169 Å². The van der Waals surface area contributed by atoms with Gasteiger partial charge in [0, 0.05) is 26.3 Å². The first-order valence-electron chi connectivity index (χ1n) is 8.11. The molecule has 1 radical (unpaired) electrons. The van der Waals surface area contributed by atoms with Crippen molar-refractivity contribution >= 4 is 16.8 Å². The molecule has 3 aromatic heterocycles. The number of nitrogens with zero attached hydrogens (tertiary/aromatic N) is 3. The van der Waals surface area contributed by atoms with E-state index in [-0.39, 0.29) is 25.9 Å². The average Bonchev–Trinajstić information content (AvgIpc) is 3.20. The van der Waals surface area contributed by atoms with Crippen molar-refractivity contribution in [3.63, 3.8) is 0 Å². The second kappa shape index (κ2) is 8.16. The summed E-state index contributed by atoms with van der Waals surface area (Å²) in [5, 5.41) is 9.66. The number of benzene rings is 2. The van der Waals surface area contributed by atoms with Crippen LogP contribution in [0.4, 0.5) is 0 Å². The van der Waals surface area contributed by atoms with Crippen molar-refractivity contribution in [1.82, 2.24) is 9.38 Å². The van der Waals surface area contributed by atoms with E-state index >= 15 is 0 Å². The quantitative estimate of drug-likeness (QED) is 0.264. The minimum absolute atomic E-state index is 0. The normalized spacial score (nSPS) is 10.3. The van der Waals surface area contributed by atoms with Crippen molar-refractivity contribution in [2.45, 2.75) is 0 Å². The van der Waals surface area contributed by atoms with Crippen LogP contribution in [-0.4, -0.2) is 14.5 Å². The molecule has 5 rings (SSSR count). The number of hydrogen-bond acceptors (Lipinski definition) is 3. The molecule has 0 spiro atoms. The van der Waals surface area contributed by atoms with Crippen molar-refractivity contribution in [2.24, 2.45) is 7.05 Å². The van der Waals surface area contributed by atoms with Gasteiger partial charge < -0.3 is 19.1 Å². The molecule has 5 aromatic rings. The van der Waals surface area contributed by atoms with Crippen LogP contribution in [0.5, 0.6) is 5.75 Å². The molecule has 2 aromatic carbocycles. The molecule has 0 fully saturated rings. The number of hydrogen-bond donors (Lipinski definition) is 1. The Kier molecular flexibility index (Phi) is 5.69. The predicted molar refractivity (Wildman–Crippen MR) is 97.4 cm³/mol. The largest absolute Gasteiger partial charge is 0.513 e. The van der Waals surface area contributed by atoms with Crippen LogP contribution >= 0.6 is 0 Å². The van der Waals surface area contributed by atoms with Crippen molar-refractivity contribution in [1.29, 1.82) is 0 Å². The predicted octanol–water partition coefficient (Wildman–Crippen LogP) is 3.56. The number of aromatic hydroxyl groups is 1. The van der Waals surface area contributed by atoms with E-state index < -0.39 is 0 Å². The minimum atomic E-state index is 0. The van der Waals surface area contributed by atoms with Crippen LogP contribution in [0, 0.1) is 12.4 Å². The third kappa shape index (κ3) is 3.92. The monoisotopic (exact) mass is 535 g/mol. The molecule has 5 nitrogen and oxygen atoms in total. The topological polar surface area (TPSA) is 54.5 Å². The fourth-order valence-electron chi connectivity index (χ4n) is 2.70. The van der Waals surface area contributed by atoms with E-state index in [0.29, 0.717) is 16.8 Å². The van der Waals surface area contributed by atoms with Crippen LogP contribution in [0.1, 0.15) is 0 Å². The van der Waals surface area contributed by atoms with E-state index in [4.69, 9.17) is 4.42 Å². The molecule has 6 heteroatoms. The summed E-state index contributed by atoms with van der Waals surface area (Å²) in [5.41, 5.74) is 4.00. The van der Waals surface area contributed by atoms with Gasteiger partial charge in [0.15, 0.2) is 0 Å². The number of aromatic nitrogens is 3. The molecule has 0 bridgehead atoms. The molecule has 1 N–H and O–H groups in total. The number of imidazole rings is 1. The van der Waals surface area contributed by atoms with E-state index in [1.165, 1.54) is 0 Å². The summed E-state index contributed by atoms with van der Waals surface area (Å²) in [5.74, 6) is 0.203. The summed E-state index contributed by atoms with van der Waals surface area (Å²) in [6, 6.07) is 22.0. The fraction of sp³-hybridized carbons (Fsp3) is 0.0476. The molecule has 0 atom stereocenters. The maximum absolute atomic E-state index is 9.66. The Hall–Kier alpha value is -2.95. The Balaban J connectivity index is 0.000000152. The second-order valence-electron chi connectivity index (χ2n) is 5.73. The Morgan fingerprint density at radius 1 is 1.07 bits per heavy atom. The molecule has 0 saturated heterocycles. The summed E-state index contributed by atoms with van der Waals surface area (Å²) in [6.45, 7) is 0. The van der Waals surface area contributed by atoms with Crippen LogP contribution in [-0.2, 0) is 27.2 Å². The van der Waals surface area contributed by atoms with Gasteiger partial charge in [-0.15, -0.1) is 35.9 Å². The number of pyridine rings is 1. The molecular weight excluding hydrogens is 518 g/mol. The van der Waals surface area contributed by atoms with E-state index in [1.807, 2.05) is 55.6 Å². The van der Waals surface area contributed by atoms with Gasteiger partial charge >= 0.3 is 0 Å². The molecular formula is C21H16IrN3O2-. The molecule has 0 saturated carbocycles. The minimum Gasteiger partial charge on any atom is -0.513 e. The third-order valence-electron chi connectivity index (χ3n) is 3.85. The van der Waals surface area contributed by atoms with Gasteiger partial charge in [0.05, 0.1) is 13.2 Å². The number of phenols is 1. The molecule has 0 unspecified atom stereocenters. The van der Waals surface area contributed by atoms with Crippen molar-refractivity contribution in [3.05, 3.63) is 85.5 Å². The average molecular weight is 535 g/mol. The van der Waals surface area contributed by atoms with Gasteiger partial charge in [0.1, 0.15) is 16.8 Å². The number of aryl methyl sites for hydroxylation is 1. The second-order valence-corrected chi connectivity index (χ2v) is 5.73. The first-order valence-corrected chi connectivity index (χ1v) is 8.11. The van der Waals surface area contributed by atoms with Gasteiger partial charge in [0.25, 0.3) is 0 Å². The number of para-hydroxylation sites is 1. The standard InChI is InChI=1S/C11H8N.C10H8N2O2.Ir/c1-2-6-10(7-3-1)11-8-4-5-9-12-11;1-11-5-9-12(6-11)10-7(13)3-2-4-8(10)14-9;/h1-6,8-9H;2-5,13H,1H3;/q-1;;. The van der Waals surface area contributed by atoms with Crippen molar-refractivity contribution in [2.75, 3.05) is 0 Å². The van der Waals surface area contributed by atoms with Crippen LogP contribution in [0.25, 0.3) is 28.1 Å². The van der Waals surface area contributed by atoms with Crippen LogP contribution in [0.15, 0.2) is 77.5 Å². The van der Waals surface area contributed by atoms with E-state index in [1.54, 1.807) is 33.5 Å². The van der Waals surface area contributed by atoms with Crippen LogP contribution in [0.2, 0.25) is 0 Å². The summed E-state index contributed by atoms with van der Waals surface area (Å²) >= 11 is 0. The van der Waals surface area contributed by atoms with Gasteiger partial charge in [0.2, 0.25) is 12.0 Å². The molecule has 0 amide bonds. The van der Waals surface area contributed by atoms with E-state index in [0.717, 1.165) is 11.3 Å². The third-order valence-corrected chi connectivity index (χ3v) is 3.85. The van der Waals surface area contributed by atoms with Crippen LogP contribution in [0.3, 0.4) is 0 Å². The zero-order valence-electron chi connectivity index (χ0n) is 14.5. The SMILES string of the molecule is C[n+]1[c-]n2c(c1)oc1cccc(O)c12.[Ir].[c-]1ccccc1-c1ccccn1. The molecule has 137 valence electrons. The molecule has 0 aliphatic carbocycles. The van der Waals surface area contributed by atoms with Gasteiger partial charge in [-0.1, -0.05) is 18.2 Å². The van der Waals surface area contributed by atoms with Crippen molar-refractivity contribution in [3.8, 4) is 17.0 Å². The maximum Gasteiger partial charge on any atom is 0.246 e. The van der Waals surface area contributed by atoms with Gasteiger partial charge in [-0.2, -0.15) is 0 Å². The Morgan fingerprint density at radius 2 is 1.93 bits per heavy atom. The number of oxazole rings is 1. The molecule has 0 aliphatic rings. The van der Waals surface area contributed by atoms with Crippen molar-refractivity contribution < 1.29 is 34.2 Å². The smallest absolute Gasteiger partial charge is 0.246 e. The number of fused-ring (bicyclic) bond motifs is 3. The Morgan fingerprint density at radius 3 is 2.67 bits per heavy atom. The van der Waals surface area contributed by atoms with Gasteiger partial charge in [-0.05, 0) is 23.9 Å². The van der Waals surface area contributed by atoms with E-state index in [2.05, 4.69) is 17.4 Å². The van der Waals surface area contributed by atoms with Gasteiger partial charge in [-0.25, -0.2) is 0 Å². The number of phenolic OH excluding ortho intramolecular Hbond substituents is 1. The summed E-state index contributed by atoms with van der Waals surface area (Å²) in [7, 11) is 1.86. The molecule has 0 aliphatic heterocycles. The molecule has 27 heavy (non-hydrogen) atoms. The first kappa shape index (κ1) is 18.8. The first-order chi connectivity index (χ1) is 12.7. The number of rotatable bonds is 1. The van der Waals surface area contributed by atoms with E-state index in [9.17, 15) is 5.11 Å².